The van der Waals surface area contributed by atoms with Gasteiger partial charge in [-0.1, -0.05) is 15.9 Å². The number of hydrogen-bond donors (Lipinski definition) is 2. The number of aliphatic hydroxyl groups is 1. The van der Waals surface area contributed by atoms with E-state index in [1.54, 1.807) is 6.07 Å². The zero-order chi connectivity index (χ0) is 13.4. The third-order valence-corrected chi connectivity index (χ3v) is 3.78. The molecule has 1 heterocycles. The molecule has 96 valence electrons. The first-order valence-electron chi connectivity index (χ1n) is 5.70. The van der Waals surface area contributed by atoms with Gasteiger partial charge in [0.15, 0.2) is 0 Å². The Morgan fingerprint density at radius 1 is 1.17 bits per heavy atom. The van der Waals surface area contributed by atoms with Gasteiger partial charge in [0.1, 0.15) is 11.9 Å². The van der Waals surface area contributed by atoms with Crippen molar-refractivity contribution in [2.24, 2.45) is 0 Å². The predicted molar refractivity (Wildman–Crippen MR) is 73.2 cm³/mol. The predicted octanol–water partition coefficient (Wildman–Crippen LogP) is 3.92. The molecular formula is C14H15BrFNO. The number of nitrogens with one attached hydrogen (secondary N) is 1. The summed E-state index contributed by atoms with van der Waals surface area (Å²) in [7, 11) is 0. The van der Waals surface area contributed by atoms with Gasteiger partial charge >= 0.3 is 0 Å². The third-order valence-electron chi connectivity index (χ3n) is 3.33. The summed E-state index contributed by atoms with van der Waals surface area (Å²) in [6.45, 7) is 5.91. The van der Waals surface area contributed by atoms with Crippen LogP contribution in [-0.4, -0.2) is 10.1 Å². The molecule has 18 heavy (non-hydrogen) atoms. The number of benzene rings is 1. The van der Waals surface area contributed by atoms with E-state index >= 15 is 0 Å². The van der Waals surface area contributed by atoms with Crippen molar-refractivity contribution in [1.82, 2.24) is 4.98 Å². The van der Waals surface area contributed by atoms with Crippen molar-refractivity contribution in [2.75, 3.05) is 0 Å². The first kappa shape index (κ1) is 13.3. The molecule has 0 amide bonds. The van der Waals surface area contributed by atoms with E-state index in [2.05, 4.69) is 20.9 Å². The molecule has 1 unspecified atom stereocenters. The molecule has 4 heteroatoms. The molecule has 2 aromatic rings. The summed E-state index contributed by atoms with van der Waals surface area (Å²) in [6, 6.07) is 4.44. The van der Waals surface area contributed by atoms with Crippen molar-refractivity contribution in [2.45, 2.75) is 26.9 Å². The molecule has 1 aromatic carbocycles. The van der Waals surface area contributed by atoms with Crippen molar-refractivity contribution in [1.29, 1.82) is 0 Å². The fraction of sp³-hybridized carbons (Fsp3) is 0.286. The Hall–Kier alpha value is -1.13. The van der Waals surface area contributed by atoms with Crippen LogP contribution in [-0.2, 0) is 0 Å². The minimum absolute atomic E-state index is 0.365. The molecule has 2 nitrogen and oxygen atoms in total. The summed E-state index contributed by atoms with van der Waals surface area (Å²) < 4.78 is 14.0. The largest absolute Gasteiger partial charge is 0.382 e. The van der Waals surface area contributed by atoms with E-state index in [-0.39, 0.29) is 5.82 Å². The standard InChI is InChI=1S/C14H15BrFNO/c1-7-8(2)13(17-9(7)3)14(18)10-4-11(15)6-12(16)5-10/h4-6,14,17-18H,1-3H3. The van der Waals surface area contributed by atoms with Gasteiger partial charge in [0.25, 0.3) is 0 Å². The normalized spacial score (nSPS) is 12.8. The SMILES string of the molecule is Cc1[nH]c(C(O)c2cc(F)cc(Br)c2)c(C)c1C. The molecule has 0 spiro atoms. The zero-order valence-electron chi connectivity index (χ0n) is 10.5. The lowest BCUT2D eigenvalue weighted by Gasteiger charge is -2.12. The maximum absolute atomic E-state index is 13.3. The van der Waals surface area contributed by atoms with Gasteiger partial charge in [-0.3, -0.25) is 0 Å². The Morgan fingerprint density at radius 3 is 2.33 bits per heavy atom. The molecule has 0 aliphatic heterocycles. The number of aliphatic hydroxyl groups excluding tert-OH is 1. The van der Waals surface area contributed by atoms with Crippen LogP contribution in [0.25, 0.3) is 0 Å². The van der Waals surface area contributed by atoms with E-state index in [1.165, 1.54) is 12.1 Å². The summed E-state index contributed by atoms with van der Waals surface area (Å²) in [5.41, 5.74) is 4.42. The Morgan fingerprint density at radius 2 is 1.83 bits per heavy atom. The number of halogens is 2. The topological polar surface area (TPSA) is 36.0 Å². The molecule has 0 aliphatic carbocycles. The summed E-state index contributed by atoms with van der Waals surface area (Å²) in [4.78, 5) is 3.16. The third kappa shape index (κ3) is 2.35. The Kier molecular flexibility index (Phi) is 3.59. The van der Waals surface area contributed by atoms with E-state index in [9.17, 15) is 9.50 Å². The molecule has 2 N–H and O–H groups in total. The molecule has 1 atom stereocenters. The van der Waals surface area contributed by atoms with E-state index < -0.39 is 6.10 Å². The van der Waals surface area contributed by atoms with Crippen LogP contribution < -0.4 is 0 Å². The first-order chi connectivity index (χ1) is 8.40. The van der Waals surface area contributed by atoms with Gasteiger partial charge in [0.05, 0.1) is 5.69 Å². The average molecular weight is 312 g/mol. The number of aromatic amines is 1. The van der Waals surface area contributed by atoms with Crippen LogP contribution >= 0.6 is 15.9 Å². The number of H-pyrrole nitrogens is 1. The van der Waals surface area contributed by atoms with Crippen molar-refractivity contribution >= 4 is 15.9 Å². The number of rotatable bonds is 2. The smallest absolute Gasteiger partial charge is 0.124 e. The van der Waals surface area contributed by atoms with Gasteiger partial charge in [-0.15, -0.1) is 0 Å². The Labute approximate surface area is 114 Å². The van der Waals surface area contributed by atoms with Crippen molar-refractivity contribution in [3.63, 3.8) is 0 Å². The van der Waals surface area contributed by atoms with Crippen LogP contribution in [0.15, 0.2) is 22.7 Å². The molecular weight excluding hydrogens is 297 g/mol. The molecule has 0 saturated heterocycles. The monoisotopic (exact) mass is 311 g/mol. The minimum Gasteiger partial charge on any atom is -0.382 e. The molecule has 0 radical (unpaired) electrons. The number of hydrogen-bond acceptors (Lipinski definition) is 1. The average Bonchev–Trinajstić information content (AvgIpc) is 2.55. The molecule has 1 aromatic heterocycles. The van der Waals surface area contributed by atoms with Gasteiger partial charge in [-0.05, 0) is 55.7 Å². The lowest BCUT2D eigenvalue weighted by atomic mass is 10.0. The molecule has 0 aliphatic rings. The van der Waals surface area contributed by atoms with E-state index in [1.807, 2.05) is 20.8 Å². The lowest BCUT2D eigenvalue weighted by molar-refractivity contribution is 0.214. The second-order valence-corrected chi connectivity index (χ2v) is 5.43. The van der Waals surface area contributed by atoms with Crippen molar-refractivity contribution in [3.8, 4) is 0 Å². The quantitative estimate of drug-likeness (QED) is 0.866. The fourth-order valence-electron chi connectivity index (χ4n) is 2.05. The Balaban J connectivity index is 2.47. The second-order valence-electron chi connectivity index (χ2n) is 4.52. The van der Waals surface area contributed by atoms with Gasteiger partial charge in [-0.25, -0.2) is 4.39 Å². The highest BCUT2D eigenvalue weighted by atomic mass is 79.9. The van der Waals surface area contributed by atoms with E-state index in [4.69, 9.17) is 0 Å². The van der Waals surface area contributed by atoms with Gasteiger partial charge < -0.3 is 10.1 Å². The van der Waals surface area contributed by atoms with Gasteiger partial charge in [-0.2, -0.15) is 0 Å². The summed E-state index contributed by atoms with van der Waals surface area (Å²) in [5.74, 6) is -0.365. The number of aromatic nitrogens is 1. The van der Waals surface area contributed by atoms with Crippen LogP contribution in [0.1, 0.15) is 34.2 Å². The van der Waals surface area contributed by atoms with Crippen LogP contribution in [0.2, 0.25) is 0 Å². The highest BCUT2D eigenvalue weighted by Gasteiger charge is 2.18. The summed E-state index contributed by atoms with van der Waals surface area (Å²) >= 11 is 3.23. The lowest BCUT2D eigenvalue weighted by Crippen LogP contribution is -2.02. The van der Waals surface area contributed by atoms with Crippen LogP contribution in [0, 0.1) is 26.6 Å². The maximum Gasteiger partial charge on any atom is 0.124 e. The summed E-state index contributed by atoms with van der Waals surface area (Å²) in [5, 5.41) is 10.3. The first-order valence-corrected chi connectivity index (χ1v) is 6.49. The Bertz CT molecular complexity index is 571. The van der Waals surface area contributed by atoms with E-state index in [0.29, 0.717) is 10.0 Å². The van der Waals surface area contributed by atoms with E-state index in [0.717, 1.165) is 22.5 Å². The fourth-order valence-corrected chi connectivity index (χ4v) is 2.53. The number of aryl methyl sites for hydroxylation is 1. The molecule has 2 rings (SSSR count). The second kappa shape index (κ2) is 4.86. The van der Waals surface area contributed by atoms with Crippen LogP contribution in [0.3, 0.4) is 0 Å². The van der Waals surface area contributed by atoms with Crippen molar-refractivity contribution in [3.05, 3.63) is 56.6 Å². The highest BCUT2D eigenvalue weighted by molar-refractivity contribution is 9.10. The highest BCUT2D eigenvalue weighted by Crippen LogP contribution is 2.29. The molecule has 0 bridgehead atoms. The summed E-state index contributed by atoms with van der Waals surface area (Å²) in [6.07, 6.45) is -0.843. The maximum atomic E-state index is 13.3. The zero-order valence-corrected chi connectivity index (χ0v) is 12.1. The molecule has 0 fully saturated rings. The van der Waals surface area contributed by atoms with Gasteiger partial charge in [0.2, 0.25) is 0 Å². The minimum atomic E-state index is -0.843. The van der Waals surface area contributed by atoms with Crippen LogP contribution in [0.4, 0.5) is 4.39 Å². The van der Waals surface area contributed by atoms with Crippen LogP contribution in [0.5, 0.6) is 0 Å². The van der Waals surface area contributed by atoms with Gasteiger partial charge in [0, 0.05) is 10.2 Å². The molecule has 0 saturated carbocycles. The van der Waals surface area contributed by atoms with Crippen molar-refractivity contribution < 1.29 is 9.50 Å².